The molecule has 0 radical (unpaired) electrons. The molecule has 1 rings (SSSR count). The summed E-state index contributed by atoms with van der Waals surface area (Å²) in [6.07, 6.45) is 1.81. The Morgan fingerprint density at radius 2 is 2.17 bits per heavy atom. The van der Waals surface area contributed by atoms with E-state index in [1.165, 1.54) is 0 Å². The summed E-state index contributed by atoms with van der Waals surface area (Å²) in [5.41, 5.74) is -0.467. The molecule has 2 atom stereocenters. The molecule has 0 heterocycles. The summed E-state index contributed by atoms with van der Waals surface area (Å²) in [5, 5.41) is 0. The maximum atomic E-state index is 12.5. The predicted molar refractivity (Wildman–Crippen MR) is 74.4 cm³/mol. The normalized spacial score (nSPS) is 28.5. The molecule has 1 aliphatic carbocycles. The third-order valence-corrected chi connectivity index (χ3v) is 4.66. The minimum Gasteiger partial charge on any atom is -0.497 e. The molecule has 4 heteroatoms. The molecule has 0 saturated carbocycles. The number of carbonyl (C=O) groups is 2. The van der Waals surface area contributed by atoms with Gasteiger partial charge in [0, 0.05) is 18.3 Å². The molecular weight excluding hydrogens is 296 g/mol. The highest BCUT2D eigenvalue weighted by atomic mass is 79.9. The van der Waals surface area contributed by atoms with Crippen LogP contribution in [0.15, 0.2) is 10.2 Å². The summed E-state index contributed by atoms with van der Waals surface area (Å²) < 4.78 is 6.05. The quantitative estimate of drug-likeness (QED) is 0.778. The Kier molecular flexibility index (Phi) is 5.14. The van der Waals surface area contributed by atoms with Crippen LogP contribution in [0.3, 0.4) is 0 Å². The van der Waals surface area contributed by atoms with Crippen molar-refractivity contribution in [1.29, 1.82) is 0 Å². The van der Waals surface area contributed by atoms with E-state index in [0.717, 1.165) is 12.2 Å². The second kappa shape index (κ2) is 6.00. The molecule has 0 aliphatic heterocycles. The van der Waals surface area contributed by atoms with E-state index >= 15 is 0 Å². The first kappa shape index (κ1) is 15.4. The molecule has 0 N–H and O–H groups in total. The summed E-state index contributed by atoms with van der Waals surface area (Å²) in [6.45, 7) is 8.04. The second-order valence-corrected chi connectivity index (χ2v) is 6.02. The Balaban J connectivity index is 2.96. The van der Waals surface area contributed by atoms with Crippen LogP contribution in [0, 0.1) is 11.3 Å². The molecule has 0 unspecified atom stereocenters. The van der Waals surface area contributed by atoms with E-state index in [-0.39, 0.29) is 17.5 Å². The molecule has 0 spiro atoms. The predicted octanol–water partition coefficient (Wildman–Crippen LogP) is 3.61. The Bertz CT molecular complexity index is 387. The summed E-state index contributed by atoms with van der Waals surface area (Å²) in [4.78, 5) is 23.6. The van der Waals surface area contributed by atoms with Crippen LogP contribution < -0.4 is 0 Å². The van der Waals surface area contributed by atoms with Crippen LogP contribution in [-0.2, 0) is 14.3 Å². The van der Waals surface area contributed by atoms with Crippen LogP contribution in [0.2, 0.25) is 0 Å². The summed E-state index contributed by atoms with van der Waals surface area (Å²) in [7, 11) is 0. The van der Waals surface area contributed by atoms with Crippen molar-refractivity contribution in [2.45, 2.75) is 47.0 Å². The highest BCUT2D eigenvalue weighted by Gasteiger charge is 2.44. The van der Waals surface area contributed by atoms with Gasteiger partial charge in [0.25, 0.3) is 0 Å². The third kappa shape index (κ3) is 3.02. The van der Waals surface area contributed by atoms with E-state index < -0.39 is 5.41 Å². The molecule has 102 valence electrons. The van der Waals surface area contributed by atoms with Gasteiger partial charge in [-0.3, -0.25) is 4.79 Å². The minimum absolute atomic E-state index is 0.0611. The first-order valence-corrected chi connectivity index (χ1v) is 7.18. The van der Waals surface area contributed by atoms with Gasteiger partial charge in [-0.2, -0.15) is 0 Å². The SMILES string of the molecule is CCOC1=C(Br)C(=O)[C@](C)(CCC(C)=O)[C@H](C)C1. The smallest absolute Gasteiger partial charge is 0.179 e. The van der Waals surface area contributed by atoms with Crippen LogP contribution >= 0.6 is 15.9 Å². The Hall–Kier alpha value is -0.640. The largest absolute Gasteiger partial charge is 0.497 e. The zero-order chi connectivity index (χ0) is 13.9. The molecule has 0 aromatic heterocycles. The van der Waals surface area contributed by atoms with E-state index in [4.69, 9.17) is 4.74 Å². The lowest BCUT2D eigenvalue weighted by molar-refractivity contribution is -0.128. The van der Waals surface area contributed by atoms with Gasteiger partial charge in [0.1, 0.15) is 11.5 Å². The molecule has 3 nitrogen and oxygen atoms in total. The van der Waals surface area contributed by atoms with Gasteiger partial charge in [-0.15, -0.1) is 0 Å². The minimum atomic E-state index is -0.467. The zero-order valence-electron chi connectivity index (χ0n) is 11.5. The number of carbonyl (C=O) groups excluding carboxylic acids is 2. The molecule has 0 aromatic carbocycles. The van der Waals surface area contributed by atoms with Crippen molar-refractivity contribution < 1.29 is 14.3 Å². The summed E-state index contributed by atoms with van der Waals surface area (Å²) in [6, 6.07) is 0. The average Bonchev–Trinajstić information content (AvgIpc) is 2.31. The second-order valence-electron chi connectivity index (χ2n) is 5.22. The number of halogens is 1. The molecule has 18 heavy (non-hydrogen) atoms. The highest BCUT2D eigenvalue weighted by Crippen LogP contribution is 2.45. The molecule has 0 amide bonds. The maximum Gasteiger partial charge on any atom is 0.179 e. The lowest BCUT2D eigenvalue weighted by Crippen LogP contribution is -2.39. The standard InChI is InChI=1S/C14H21BrO3/c1-5-18-11-8-9(2)14(4,7-6-10(3)16)13(17)12(11)15/h9H,5-8H2,1-4H3/t9-,14-/m1/s1. The van der Waals surface area contributed by atoms with Gasteiger partial charge in [0.2, 0.25) is 0 Å². The fourth-order valence-corrected chi connectivity index (χ4v) is 3.02. The topological polar surface area (TPSA) is 43.4 Å². The monoisotopic (exact) mass is 316 g/mol. The highest BCUT2D eigenvalue weighted by molar-refractivity contribution is 9.12. The van der Waals surface area contributed by atoms with Crippen LogP contribution in [0.25, 0.3) is 0 Å². The first-order valence-electron chi connectivity index (χ1n) is 6.38. The number of rotatable bonds is 5. The van der Waals surface area contributed by atoms with Gasteiger partial charge in [-0.25, -0.2) is 0 Å². The van der Waals surface area contributed by atoms with E-state index in [0.29, 0.717) is 23.9 Å². The van der Waals surface area contributed by atoms with Crippen LogP contribution in [0.4, 0.5) is 0 Å². The van der Waals surface area contributed by atoms with E-state index in [2.05, 4.69) is 22.9 Å². The fraction of sp³-hybridized carbons (Fsp3) is 0.714. The van der Waals surface area contributed by atoms with Gasteiger partial charge in [0.05, 0.1) is 11.1 Å². The molecule has 0 saturated heterocycles. The van der Waals surface area contributed by atoms with Crippen molar-refractivity contribution in [3.63, 3.8) is 0 Å². The van der Waals surface area contributed by atoms with Gasteiger partial charge in [-0.1, -0.05) is 13.8 Å². The Morgan fingerprint density at radius 3 is 2.67 bits per heavy atom. The van der Waals surface area contributed by atoms with Crippen molar-refractivity contribution in [3.05, 3.63) is 10.2 Å². The number of ether oxygens (including phenoxy) is 1. The van der Waals surface area contributed by atoms with Crippen LogP contribution in [-0.4, -0.2) is 18.2 Å². The van der Waals surface area contributed by atoms with Crippen LogP contribution in [0.5, 0.6) is 0 Å². The molecule has 0 bridgehead atoms. The summed E-state index contributed by atoms with van der Waals surface area (Å²) >= 11 is 3.35. The number of Topliss-reactive ketones (excluding diaryl/α,β-unsaturated/α-hetero) is 2. The van der Waals surface area contributed by atoms with Crippen molar-refractivity contribution in [1.82, 2.24) is 0 Å². The average molecular weight is 317 g/mol. The number of allylic oxidation sites excluding steroid dienone is 2. The Morgan fingerprint density at radius 1 is 1.56 bits per heavy atom. The molecule has 1 aliphatic rings. The molecule has 0 aromatic rings. The summed E-state index contributed by atoms with van der Waals surface area (Å²) in [5.74, 6) is 1.13. The van der Waals surface area contributed by atoms with Crippen molar-refractivity contribution in [3.8, 4) is 0 Å². The third-order valence-electron chi connectivity index (χ3n) is 3.86. The number of hydrogen-bond donors (Lipinski definition) is 0. The van der Waals surface area contributed by atoms with Gasteiger partial charge in [0.15, 0.2) is 5.78 Å². The lowest BCUT2D eigenvalue weighted by atomic mass is 9.67. The van der Waals surface area contributed by atoms with Gasteiger partial charge < -0.3 is 9.53 Å². The van der Waals surface area contributed by atoms with E-state index in [1.54, 1.807) is 6.92 Å². The first-order chi connectivity index (χ1) is 8.32. The van der Waals surface area contributed by atoms with Gasteiger partial charge in [-0.05, 0) is 42.1 Å². The van der Waals surface area contributed by atoms with E-state index in [1.807, 2.05) is 13.8 Å². The Labute approximate surface area is 117 Å². The zero-order valence-corrected chi connectivity index (χ0v) is 13.1. The van der Waals surface area contributed by atoms with Gasteiger partial charge >= 0.3 is 0 Å². The number of hydrogen-bond acceptors (Lipinski definition) is 3. The fourth-order valence-electron chi connectivity index (χ4n) is 2.29. The maximum absolute atomic E-state index is 12.5. The molecular formula is C14H21BrO3. The van der Waals surface area contributed by atoms with Crippen molar-refractivity contribution in [2.75, 3.05) is 6.61 Å². The lowest BCUT2D eigenvalue weighted by Gasteiger charge is -2.38. The molecule has 0 fully saturated rings. The van der Waals surface area contributed by atoms with Crippen molar-refractivity contribution >= 4 is 27.5 Å². The van der Waals surface area contributed by atoms with Crippen LogP contribution in [0.1, 0.15) is 47.0 Å². The van der Waals surface area contributed by atoms with E-state index in [9.17, 15) is 9.59 Å². The number of ketones is 2. The van der Waals surface area contributed by atoms with Crippen molar-refractivity contribution in [2.24, 2.45) is 11.3 Å².